The van der Waals surface area contributed by atoms with Crippen LogP contribution in [0.2, 0.25) is 10.3 Å². The summed E-state index contributed by atoms with van der Waals surface area (Å²) in [4.78, 5) is 5.24. The molecular weight excluding hydrogens is 343 g/mol. The topological polar surface area (TPSA) is 24.9 Å². The Morgan fingerprint density at radius 2 is 2.18 bits per heavy atom. The van der Waals surface area contributed by atoms with E-state index < -0.39 is 0 Å². The summed E-state index contributed by atoms with van der Waals surface area (Å²) >= 11 is 17.0. The molecule has 0 atom stereocenters. The first-order valence-electron chi connectivity index (χ1n) is 4.87. The van der Waals surface area contributed by atoms with Crippen LogP contribution in [0, 0.1) is 6.92 Å². The van der Waals surface area contributed by atoms with Crippen LogP contribution in [-0.4, -0.2) is 4.98 Å². The highest BCUT2D eigenvalue weighted by molar-refractivity contribution is 9.11. The van der Waals surface area contributed by atoms with E-state index in [4.69, 9.17) is 23.2 Å². The van der Waals surface area contributed by atoms with Crippen molar-refractivity contribution in [3.05, 3.63) is 42.7 Å². The van der Waals surface area contributed by atoms with Crippen molar-refractivity contribution in [2.45, 2.75) is 13.5 Å². The second-order valence-electron chi connectivity index (χ2n) is 3.49. The zero-order chi connectivity index (χ0) is 12.4. The van der Waals surface area contributed by atoms with Gasteiger partial charge in [-0.05, 0) is 46.6 Å². The number of halogens is 3. The van der Waals surface area contributed by atoms with Gasteiger partial charge in [0, 0.05) is 11.4 Å². The Labute approximate surface area is 122 Å². The summed E-state index contributed by atoms with van der Waals surface area (Å²) in [7, 11) is 0. The molecular formula is C11H9BrCl2N2S. The van der Waals surface area contributed by atoms with Crippen molar-refractivity contribution in [3.63, 3.8) is 0 Å². The number of aromatic nitrogens is 1. The lowest BCUT2D eigenvalue weighted by atomic mass is 10.2. The molecule has 1 N–H and O–H groups in total. The number of hydrogen-bond donors (Lipinski definition) is 1. The summed E-state index contributed by atoms with van der Waals surface area (Å²) < 4.78 is 1.12. The van der Waals surface area contributed by atoms with Gasteiger partial charge in [0.05, 0.1) is 9.47 Å². The monoisotopic (exact) mass is 350 g/mol. The first-order chi connectivity index (χ1) is 8.06. The van der Waals surface area contributed by atoms with Crippen molar-refractivity contribution in [1.82, 2.24) is 4.98 Å². The van der Waals surface area contributed by atoms with Gasteiger partial charge in [0.15, 0.2) is 5.15 Å². The van der Waals surface area contributed by atoms with Crippen LogP contribution in [0.1, 0.15) is 10.4 Å². The zero-order valence-corrected chi connectivity index (χ0v) is 12.8. The number of nitrogens with zero attached hydrogens (tertiary/aromatic N) is 1. The minimum absolute atomic E-state index is 0.408. The third-order valence-electron chi connectivity index (χ3n) is 2.21. The maximum atomic E-state index is 6.04. The molecule has 0 aliphatic heterocycles. The van der Waals surface area contributed by atoms with Gasteiger partial charge >= 0.3 is 0 Å². The number of aryl methyl sites for hydroxylation is 1. The molecule has 90 valence electrons. The van der Waals surface area contributed by atoms with Crippen LogP contribution in [0.25, 0.3) is 0 Å². The van der Waals surface area contributed by atoms with Crippen molar-refractivity contribution >= 4 is 56.2 Å². The van der Waals surface area contributed by atoms with Gasteiger partial charge in [0.2, 0.25) is 0 Å². The fourth-order valence-corrected chi connectivity index (χ4v) is 3.45. The van der Waals surface area contributed by atoms with Crippen LogP contribution >= 0.6 is 50.5 Å². The Morgan fingerprint density at radius 1 is 1.41 bits per heavy atom. The van der Waals surface area contributed by atoms with Gasteiger partial charge in [-0.2, -0.15) is 0 Å². The normalized spacial score (nSPS) is 10.6. The Bertz CT molecular complexity index is 519. The largest absolute Gasteiger partial charge is 0.377 e. The van der Waals surface area contributed by atoms with E-state index in [1.165, 1.54) is 4.88 Å². The fourth-order valence-electron chi connectivity index (χ4n) is 1.43. The molecule has 0 spiro atoms. The van der Waals surface area contributed by atoms with E-state index in [1.807, 2.05) is 13.0 Å². The van der Waals surface area contributed by atoms with Gasteiger partial charge in [-0.1, -0.05) is 23.2 Å². The Balaban J connectivity index is 2.14. The quantitative estimate of drug-likeness (QED) is 0.775. The van der Waals surface area contributed by atoms with Crippen molar-refractivity contribution in [3.8, 4) is 0 Å². The predicted octanol–water partition coefficient (Wildman–Crippen LogP) is 5.13. The van der Waals surface area contributed by atoms with Crippen molar-refractivity contribution in [2.24, 2.45) is 0 Å². The molecule has 2 nitrogen and oxygen atoms in total. The van der Waals surface area contributed by atoms with Crippen LogP contribution in [0.15, 0.2) is 22.0 Å². The second kappa shape index (κ2) is 5.57. The van der Waals surface area contributed by atoms with E-state index in [1.54, 1.807) is 17.4 Å². The van der Waals surface area contributed by atoms with Gasteiger partial charge in [0.25, 0.3) is 0 Å². The van der Waals surface area contributed by atoms with Crippen molar-refractivity contribution < 1.29 is 0 Å². The van der Waals surface area contributed by atoms with Gasteiger partial charge in [-0.15, -0.1) is 11.3 Å². The van der Waals surface area contributed by atoms with Crippen LogP contribution < -0.4 is 5.32 Å². The average Bonchev–Trinajstić information content (AvgIpc) is 2.62. The molecule has 0 unspecified atom stereocenters. The predicted molar refractivity (Wildman–Crippen MR) is 78.3 cm³/mol. The molecule has 2 aromatic heterocycles. The van der Waals surface area contributed by atoms with Crippen molar-refractivity contribution in [1.29, 1.82) is 0 Å². The first kappa shape index (κ1) is 13.1. The number of thiophene rings is 1. The summed E-state index contributed by atoms with van der Waals surface area (Å²) in [6, 6.07) is 5.88. The Morgan fingerprint density at radius 3 is 2.76 bits per heavy atom. The molecule has 0 saturated carbocycles. The fraction of sp³-hybridized carbons (Fsp3) is 0.182. The van der Waals surface area contributed by atoms with Gasteiger partial charge in [-0.25, -0.2) is 4.98 Å². The van der Waals surface area contributed by atoms with Gasteiger partial charge < -0.3 is 5.32 Å². The maximum Gasteiger partial charge on any atom is 0.154 e. The van der Waals surface area contributed by atoms with Crippen LogP contribution in [0.4, 0.5) is 5.69 Å². The number of anilines is 1. The Kier molecular flexibility index (Phi) is 4.31. The molecule has 2 aromatic rings. The van der Waals surface area contributed by atoms with Crippen LogP contribution in [-0.2, 0) is 6.54 Å². The van der Waals surface area contributed by atoms with E-state index in [-0.39, 0.29) is 0 Å². The summed E-state index contributed by atoms with van der Waals surface area (Å²) in [5, 5.41) is 4.10. The summed E-state index contributed by atoms with van der Waals surface area (Å²) in [5.41, 5.74) is 1.83. The SMILES string of the molecule is Cc1cc(Cl)nc(Cl)c1NCc1ccc(Br)s1. The molecule has 6 heteroatoms. The van der Waals surface area contributed by atoms with Crippen LogP contribution in [0.5, 0.6) is 0 Å². The van der Waals surface area contributed by atoms with Gasteiger partial charge in [-0.3, -0.25) is 0 Å². The van der Waals surface area contributed by atoms with Crippen molar-refractivity contribution in [2.75, 3.05) is 5.32 Å². The molecule has 2 heterocycles. The highest BCUT2D eigenvalue weighted by Crippen LogP contribution is 2.28. The lowest BCUT2D eigenvalue weighted by Gasteiger charge is -2.10. The summed E-state index contributed by atoms with van der Waals surface area (Å²) in [6.07, 6.45) is 0. The maximum absolute atomic E-state index is 6.04. The summed E-state index contributed by atoms with van der Waals surface area (Å²) in [6.45, 7) is 2.67. The smallest absolute Gasteiger partial charge is 0.154 e. The number of pyridine rings is 1. The molecule has 0 fully saturated rings. The van der Waals surface area contributed by atoms with Crippen LogP contribution in [0.3, 0.4) is 0 Å². The average molecular weight is 352 g/mol. The molecule has 0 amide bonds. The minimum atomic E-state index is 0.408. The summed E-state index contributed by atoms with van der Waals surface area (Å²) in [5.74, 6) is 0. The Hall–Kier alpha value is -0.290. The minimum Gasteiger partial charge on any atom is -0.377 e. The molecule has 0 bridgehead atoms. The molecule has 0 aromatic carbocycles. The van der Waals surface area contributed by atoms with E-state index in [0.717, 1.165) is 21.6 Å². The standard InChI is InChI=1S/C11H9BrCl2N2S/c1-6-4-9(13)16-11(14)10(6)15-5-7-2-3-8(12)17-7/h2-4,15H,5H2,1H3. The molecule has 0 aliphatic carbocycles. The molecule has 0 radical (unpaired) electrons. The highest BCUT2D eigenvalue weighted by Gasteiger charge is 2.07. The third kappa shape index (κ3) is 3.35. The lowest BCUT2D eigenvalue weighted by molar-refractivity contribution is 1.16. The highest BCUT2D eigenvalue weighted by atomic mass is 79.9. The van der Waals surface area contributed by atoms with E-state index in [0.29, 0.717) is 10.3 Å². The second-order valence-corrected chi connectivity index (χ2v) is 6.78. The number of nitrogens with one attached hydrogen (secondary N) is 1. The number of hydrogen-bond acceptors (Lipinski definition) is 3. The van der Waals surface area contributed by atoms with E-state index in [2.05, 4.69) is 32.3 Å². The third-order valence-corrected chi connectivity index (χ3v) is 4.30. The first-order valence-corrected chi connectivity index (χ1v) is 7.23. The molecule has 0 saturated heterocycles. The van der Waals surface area contributed by atoms with E-state index in [9.17, 15) is 0 Å². The molecule has 2 rings (SSSR count). The molecule has 0 aliphatic rings. The molecule has 17 heavy (non-hydrogen) atoms. The lowest BCUT2D eigenvalue weighted by Crippen LogP contribution is -2.01. The zero-order valence-electron chi connectivity index (χ0n) is 8.93. The van der Waals surface area contributed by atoms with E-state index >= 15 is 0 Å². The number of rotatable bonds is 3. The van der Waals surface area contributed by atoms with Gasteiger partial charge in [0.1, 0.15) is 5.15 Å².